The zero-order valence-electron chi connectivity index (χ0n) is 11.4. The SMILES string of the molecule is O=C(C1Cc2ccccc2CN1)N1CCOCC1CO. The standard InChI is InChI=1S/C15H20N2O3/c18-9-13-10-20-6-5-17(13)15(19)14-7-11-3-1-2-4-12(11)8-16-14/h1-4,13-14,16,18H,5-10H2. The lowest BCUT2D eigenvalue weighted by molar-refractivity contribution is -0.144. The molecule has 3 rings (SSSR count). The fourth-order valence-corrected chi connectivity index (χ4v) is 2.93. The van der Waals surface area contributed by atoms with Gasteiger partial charge < -0.3 is 20.1 Å². The number of nitrogens with zero attached hydrogens (tertiary/aromatic N) is 1. The highest BCUT2D eigenvalue weighted by molar-refractivity contribution is 5.83. The van der Waals surface area contributed by atoms with Gasteiger partial charge in [-0.3, -0.25) is 4.79 Å². The van der Waals surface area contributed by atoms with Crippen molar-refractivity contribution < 1.29 is 14.6 Å². The van der Waals surface area contributed by atoms with Crippen LogP contribution in [0.5, 0.6) is 0 Å². The molecule has 2 atom stereocenters. The summed E-state index contributed by atoms with van der Waals surface area (Å²) < 4.78 is 5.32. The number of hydrogen-bond donors (Lipinski definition) is 2. The van der Waals surface area contributed by atoms with E-state index in [1.165, 1.54) is 11.1 Å². The summed E-state index contributed by atoms with van der Waals surface area (Å²) in [5, 5.41) is 12.7. The van der Waals surface area contributed by atoms with E-state index in [-0.39, 0.29) is 24.6 Å². The molecule has 1 amide bonds. The Hall–Kier alpha value is -1.43. The topological polar surface area (TPSA) is 61.8 Å². The van der Waals surface area contributed by atoms with Crippen LogP contribution < -0.4 is 5.32 Å². The van der Waals surface area contributed by atoms with Gasteiger partial charge in [0.1, 0.15) is 0 Å². The van der Waals surface area contributed by atoms with Crippen LogP contribution in [0.15, 0.2) is 24.3 Å². The van der Waals surface area contributed by atoms with Crippen molar-refractivity contribution in [1.29, 1.82) is 0 Å². The van der Waals surface area contributed by atoms with Gasteiger partial charge in [-0.25, -0.2) is 0 Å². The molecule has 2 heterocycles. The van der Waals surface area contributed by atoms with Crippen molar-refractivity contribution in [3.8, 4) is 0 Å². The maximum absolute atomic E-state index is 12.6. The van der Waals surface area contributed by atoms with Crippen LogP contribution in [0.1, 0.15) is 11.1 Å². The van der Waals surface area contributed by atoms with Crippen LogP contribution in [0.4, 0.5) is 0 Å². The van der Waals surface area contributed by atoms with E-state index in [0.29, 0.717) is 26.2 Å². The molecule has 0 spiro atoms. The molecule has 1 fully saturated rings. The third kappa shape index (κ3) is 2.57. The van der Waals surface area contributed by atoms with Gasteiger partial charge in [-0.2, -0.15) is 0 Å². The number of amides is 1. The number of rotatable bonds is 2. The van der Waals surface area contributed by atoms with E-state index in [1.807, 2.05) is 12.1 Å². The van der Waals surface area contributed by atoms with E-state index >= 15 is 0 Å². The summed E-state index contributed by atoms with van der Waals surface area (Å²) in [4.78, 5) is 14.4. The zero-order chi connectivity index (χ0) is 13.9. The average Bonchev–Trinajstić information content (AvgIpc) is 2.53. The largest absolute Gasteiger partial charge is 0.394 e. The molecule has 0 bridgehead atoms. The molecule has 2 unspecified atom stereocenters. The number of benzene rings is 1. The molecule has 2 aliphatic rings. The molecule has 1 aromatic carbocycles. The Morgan fingerprint density at radius 1 is 1.40 bits per heavy atom. The van der Waals surface area contributed by atoms with Crippen molar-refractivity contribution in [2.24, 2.45) is 0 Å². The van der Waals surface area contributed by atoms with Crippen molar-refractivity contribution in [2.45, 2.75) is 25.0 Å². The van der Waals surface area contributed by atoms with Crippen molar-refractivity contribution in [3.05, 3.63) is 35.4 Å². The maximum Gasteiger partial charge on any atom is 0.240 e. The van der Waals surface area contributed by atoms with E-state index < -0.39 is 0 Å². The van der Waals surface area contributed by atoms with Gasteiger partial charge in [-0.15, -0.1) is 0 Å². The summed E-state index contributed by atoms with van der Waals surface area (Å²) in [6.07, 6.45) is 0.713. The average molecular weight is 276 g/mol. The van der Waals surface area contributed by atoms with Gasteiger partial charge in [0.05, 0.1) is 31.9 Å². The highest BCUT2D eigenvalue weighted by Gasteiger charge is 2.33. The Labute approximate surface area is 118 Å². The summed E-state index contributed by atoms with van der Waals surface area (Å²) in [5.74, 6) is 0.0712. The number of carbonyl (C=O) groups is 1. The van der Waals surface area contributed by atoms with E-state index in [0.717, 1.165) is 6.54 Å². The quantitative estimate of drug-likeness (QED) is 0.793. The second-order valence-corrected chi connectivity index (χ2v) is 5.35. The minimum Gasteiger partial charge on any atom is -0.394 e. The predicted molar refractivity (Wildman–Crippen MR) is 74.2 cm³/mol. The number of morpholine rings is 1. The predicted octanol–water partition coefficient (Wildman–Crippen LogP) is -0.0794. The van der Waals surface area contributed by atoms with Gasteiger partial charge in [0.25, 0.3) is 0 Å². The van der Waals surface area contributed by atoms with Crippen LogP contribution in [0, 0.1) is 0 Å². The monoisotopic (exact) mass is 276 g/mol. The number of aliphatic hydroxyl groups is 1. The van der Waals surface area contributed by atoms with E-state index in [9.17, 15) is 9.90 Å². The molecule has 1 aromatic rings. The zero-order valence-corrected chi connectivity index (χ0v) is 11.4. The first-order valence-corrected chi connectivity index (χ1v) is 7.09. The summed E-state index contributed by atoms with van der Waals surface area (Å²) in [5.41, 5.74) is 2.50. The van der Waals surface area contributed by atoms with E-state index in [2.05, 4.69) is 17.4 Å². The molecule has 20 heavy (non-hydrogen) atoms. The van der Waals surface area contributed by atoms with E-state index in [4.69, 9.17) is 4.74 Å². The molecular formula is C15H20N2O3. The minimum absolute atomic E-state index is 0.0466. The Morgan fingerprint density at radius 2 is 2.20 bits per heavy atom. The molecule has 1 saturated heterocycles. The first kappa shape index (κ1) is 13.5. The van der Waals surface area contributed by atoms with Crippen LogP contribution in [0.2, 0.25) is 0 Å². The van der Waals surface area contributed by atoms with Gasteiger partial charge in [0, 0.05) is 13.1 Å². The molecule has 0 aliphatic carbocycles. The van der Waals surface area contributed by atoms with E-state index in [1.54, 1.807) is 4.90 Å². The lowest BCUT2D eigenvalue weighted by atomic mass is 9.95. The summed E-state index contributed by atoms with van der Waals surface area (Å²) >= 11 is 0. The van der Waals surface area contributed by atoms with Gasteiger partial charge in [-0.05, 0) is 17.5 Å². The smallest absolute Gasteiger partial charge is 0.240 e. The second kappa shape index (κ2) is 5.91. The van der Waals surface area contributed by atoms with Crippen molar-refractivity contribution in [1.82, 2.24) is 10.2 Å². The van der Waals surface area contributed by atoms with Crippen molar-refractivity contribution >= 4 is 5.91 Å². The fourth-order valence-electron chi connectivity index (χ4n) is 2.93. The molecule has 5 heteroatoms. The highest BCUT2D eigenvalue weighted by atomic mass is 16.5. The Kier molecular flexibility index (Phi) is 4.00. The third-order valence-corrected chi connectivity index (χ3v) is 4.10. The van der Waals surface area contributed by atoms with Crippen LogP contribution >= 0.6 is 0 Å². The first-order chi connectivity index (χ1) is 9.79. The minimum atomic E-state index is -0.213. The number of ether oxygens (including phenoxy) is 1. The van der Waals surface area contributed by atoms with Gasteiger partial charge in [0.15, 0.2) is 0 Å². The molecule has 2 aliphatic heterocycles. The normalized spacial score (nSPS) is 26.1. The second-order valence-electron chi connectivity index (χ2n) is 5.35. The van der Waals surface area contributed by atoms with Gasteiger partial charge >= 0.3 is 0 Å². The molecule has 0 aromatic heterocycles. The first-order valence-electron chi connectivity index (χ1n) is 7.09. The Morgan fingerprint density at radius 3 is 3.00 bits per heavy atom. The van der Waals surface area contributed by atoms with Crippen LogP contribution in [0.25, 0.3) is 0 Å². The number of nitrogens with one attached hydrogen (secondary N) is 1. The van der Waals surface area contributed by atoms with Crippen molar-refractivity contribution in [3.63, 3.8) is 0 Å². The Balaban J connectivity index is 1.72. The maximum atomic E-state index is 12.6. The van der Waals surface area contributed by atoms with Gasteiger partial charge in [0.2, 0.25) is 5.91 Å². The number of aliphatic hydroxyl groups excluding tert-OH is 1. The fraction of sp³-hybridized carbons (Fsp3) is 0.533. The van der Waals surface area contributed by atoms with Crippen molar-refractivity contribution in [2.75, 3.05) is 26.4 Å². The number of carbonyl (C=O) groups excluding carboxylic acids is 1. The third-order valence-electron chi connectivity index (χ3n) is 4.10. The number of hydrogen-bond acceptors (Lipinski definition) is 4. The summed E-state index contributed by atoms with van der Waals surface area (Å²) in [6.45, 7) is 2.21. The molecule has 5 nitrogen and oxygen atoms in total. The molecule has 108 valence electrons. The molecule has 0 radical (unpaired) electrons. The number of fused-ring (bicyclic) bond motifs is 1. The summed E-state index contributed by atoms with van der Waals surface area (Å²) in [7, 11) is 0. The van der Waals surface area contributed by atoms with Crippen LogP contribution in [-0.2, 0) is 22.5 Å². The summed E-state index contributed by atoms with van der Waals surface area (Å²) in [6, 6.07) is 7.80. The van der Waals surface area contributed by atoms with Crippen LogP contribution in [-0.4, -0.2) is 54.4 Å². The molecule has 0 saturated carbocycles. The molecule has 2 N–H and O–H groups in total. The lowest BCUT2D eigenvalue weighted by Crippen LogP contribution is -2.57. The molecular weight excluding hydrogens is 256 g/mol. The Bertz CT molecular complexity index is 492. The lowest BCUT2D eigenvalue weighted by Gasteiger charge is -2.38. The highest BCUT2D eigenvalue weighted by Crippen LogP contribution is 2.19. The van der Waals surface area contributed by atoms with Crippen LogP contribution in [0.3, 0.4) is 0 Å². The van der Waals surface area contributed by atoms with Gasteiger partial charge in [-0.1, -0.05) is 24.3 Å².